The lowest BCUT2D eigenvalue weighted by atomic mass is 9.71. The highest BCUT2D eigenvalue weighted by Crippen LogP contribution is 2.38. The zero-order chi connectivity index (χ0) is 16.7. The maximum Gasteiger partial charge on any atom is 0.220 e. The van der Waals surface area contributed by atoms with Gasteiger partial charge in [-0.25, -0.2) is 4.39 Å². The molecule has 1 fully saturated rings. The first-order valence-corrected chi connectivity index (χ1v) is 8.42. The second-order valence-corrected chi connectivity index (χ2v) is 6.63. The molecule has 1 unspecified atom stereocenters. The fraction of sp³-hybridized carbons (Fsp3) is 0.611. The number of rotatable bonds is 7. The molecule has 0 bridgehead atoms. The van der Waals surface area contributed by atoms with Crippen LogP contribution in [0.15, 0.2) is 24.3 Å². The van der Waals surface area contributed by atoms with Gasteiger partial charge in [0.1, 0.15) is 17.7 Å². The molecule has 0 aliphatic heterocycles. The number of halogens is 1. The lowest BCUT2D eigenvalue weighted by molar-refractivity contribution is -0.124. The van der Waals surface area contributed by atoms with Crippen LogP contribution in [0.25, 0.3) is 0 Å². The van der Waals surface area contributed by atoms with E-state index in [1.165, 1.54) is 18.6 Å². The monoisotopic (exact) mass is 322 g/mol. The van der Waals surface area contributed by atoms with E-state index in [0.29, 0.717) is 25.3 Å². The van der Waals surface area contributed by atoms with E-state index in [1.54, 1.807) is 12.1 Å². The Bertz CT molecular complexity index is 498. The third-order valence-electron chi connectivity index (χ3n) is 4.62. The highest BCUT2D eigenvalue weighted by Gasteiger charge is 2.32. The molecule has 0 saturated heterocycles. The molecular weight excluding hydrogens is 295 g/mol. The first-order chi connectivity index (χ1) is 11.0. The smallest absolute Gasteiger partial charge is 0.220 e. The van der Waals surface area contributed by atoms with E-state index in [1.807, 2.05) is 6.92 Å². The maximum absolute atomic E-state index is 12.8. The Morgan fingerprint density at radius 1 is 1.30 bits per heavy atom. The van der Waals surface area contributed by atoms with Crippen molar-refractivity contribution in [1.29, 1.82) is 0 Å². The Morgan fingerprint density at radius 3 is 2.57 bits per heavy atom. The summed E-state index contributed by atoms with van der Waals surface area (Å²) in [5.74, 6) is 0.337. The SMILES string of the molecule is CC(CNC(=O)CC1(CN)CCCCC1)Oc1ccc(F)cc1. The van der Waals surface area contributed by atoms with Crippen LogP contribution < -0.4 is 15.8 Å². The van der Waals surface area contributed by atoms with Crippen LogP contribution in [0.5, 0.6) is 5.75 Å². The standard InChI is InChI=1S/C18H27FN2O2/c1-14(23-16-7-5-15(19)6-8-16)12-21-17(22)11-18(13-20)9-3-2-4-10-18/h5-8,14H,2-4,9-13,20H2,1H3,(H,21,22). The van der Waals surface area contributed by atoms with Gasteiger partial charge in [-0.15, -0.1) is 0 Å². The van der Waals surface area contributed by atoms with E-state index < -0.39 is 0 Å². The number of benzene rings is 1. The maximum atomic E-state index is 12.8. The molecule has 128 valence electrons. The van der Waals surface area contributed by atoms with Gasteiger partial charge in [-0.2, -0.15) is 0 Å². The molecule has 2 rings (SSSR count). The van der Waals surface area contributed by atoms with E-state index in [4.69, 9.17) is 10.5 Å². The van der Waals surface area contributed by atoms with Crippen molar-refractivity contribution in [3.8, 4) is 5.75 Å². The van der Waals surface area contributed by atoms with Gasteiger partial charge in [0.05, 0.1) is 6.54 Å². The van der Waals surface area contributed by atoms with Crippen LogP contribution in [0.4, 0.5) is 4.39 Å². The van der Waals surface area contributed by atoms with Crippen LogP contribution in [-0.2, 0) is 4.79 Å². The Hall–Kier alpha value is -1.62. The van der Waals surface area contributed by atoms with E-state index in [9.17, 15) is 9.18 Å². The van der Waals surface area contributed by atoms with Gasteiger partial charge in [0.2, 0.25) is 5.91 Å². The van der Waals surface area contributed by atoms with Gasteiger partial charge >= 0.3 is 0 Å². The number of nitrogens with one attached hydrogen (secondary N) is 1. The average Bonchev–Trinajstić information content (AvgIpc) is 2.56. The van der Waals surface area contributed by atoms with Crippen molar-refractivity contribution in [3.05, 3.63) is 30.1 Å². The first kappa shape index (κ1) is 17.7. The van der Waals surface area contributed by atoms with E-state index in [-0.39, 0.29) is 23.2 Å². The predicted molar refractivity (Wildman–Crippen MR) is 88.7 cm³/mol. The molecular formula is C18H27FN2O2. The van der Waals surface area contributed by atoms with Crippen molar-refractivity contribution in [3.63, 3.8) is 0 Å². The van der Waals surface area contributed by atoms with E-state index >= 15 is 0 Å². The normalized spacial score (nSPS) is 18.2. The summed E-state index contributed by atoms with van der Waals surface area (Å²) in [7, 11) is 0. The number of carbonyl (C=O) groups is 1. The number of ether oxygens (including phenoxy) is 1. The van der Waals surface area contributed by atoms with Gasteiger partial charge in [0.15, 0.2) is 0 Å². The lowest BCUT2D eigenvalue weighted by Gasteiger charge is -2.35. The van der Waals surface area contributed by atoms with Crippen LogP contribution in [0.1, 0.15) is 45.4 Å². The Morgan fingerprint density at radius 2 is 1.96 bits per heavy atom. The van der Waals surface area contributed by atoms with Crippen LogP contribution in [0.2, 0.25) is 0 Å². The van der Waals surface area contributed by atoms with Crippen molar-refractivity contribution in [2.75, 3.05) is 13.1 Å². The molecule has 0 aromatic heterocycles. The van der Waals surface area contributed by atoms with Gasteiger partial charge in [0, 0.05) is 6.42 Å². The van der Waals surface area contributed by atoms with Gasteiger partial charge < -0.3 is 15.8 Å². The van der Waals surface area contributed by atoms with Gasteiger partial charge in [0.25, 0.3) is 0 Å². The summed E-state index contributed by atoms with van der Waals surface area (Å²) in [4.78, 5) is 12.2. The van der Waals surface area contributed by atoms with E-state index in [2.05, 4.69) is 5.32 Å². The summed E-state index contributed by atoms with van der Waals surface area (Å²) in [6.07, 6.45) is 5.96. The van der Waals surface area contributed by atoms with Crippen LogP contribution >= 0.6 is 0 Å². The first-order valence-electron chi connectivity index (χ1n) is 8.42. The summed E-state index contributed by atoms with van der Waals surface area (Å²) in [5, 5.41) is 2.93. The minimum atomic E-state index is -0.294. The Balaban J connectivity index is 1.75. The number of hydrogen-bond donors (Lipinski definition) is 2. The molecule has 1 saturated carbocycles. The number of carbonyl (C=O) groups excluding carboxylic acids is 1. The largest absolute Gasteiger partial charge is 0.489 e. The fourth-order valence-electron chi connectivity index (χ4n) is 3.20. The predicted octanol–water partition coefficient (Wildman–Crippen LogP) is 3.01. The molecule has 1 aliphatic rings. The van der Waals surface area contributed by atoms with Gasteiger partial charge in [-0.1, -0.05) is 19.3 Å². The summed E-state index contributed by atoms with van der Waals surface area (Å²) < 4.78 is 18.5. The molecule has 0 radical (unpaired) electrons. The van der Waals surface area contributed by atoms with Crippen molar-refractivity contribution in [2.24, 2.45) is 11.1 Å². The lowest BCUT2D eigenvalue weighted by Crippen LogP contribution is -2.40. The Labute approximate surface area is 137 Å². The average molecular weight is 322 g/mol. The summed E-state index contributed by atoms with van der Waals surface area (Å²) in [5.41, 5.74) is 5.90. The second kappa shape index (κ2) is 8.29. The van der Waals surface area contributed by atoms with Crippen molar-refractivity contribution < 1.29 is 13.9 Å². The second-order valence-electron chi connectivity index (χ2n) is 6.63. The van der Waals surface area contributed by atoms with Crippen molar-refractivity contribution in [2.45, 2.75) is 51.6 Å². The molecule has 4 nitrogen and oxygen atoms in total. The number of amides is 1. The minimum absolute atomic E-state index is 0.0244. The third-order valence-corrected chi connectivity index (χ3v) is 4.62. The highest BCUT2D eigenvalue weighted by atomic mass is 19.1. The zero-order valence-electron chi connectivity index (χ0n) is 13.8. The van der Waals surface area contributed by atoms with Gasteiger partial charge in [-0.05, 0) is 56.0 Å². The molecule has 0 spiro atoms. The number of nitrogens with two attached hydrogens (primary N) is 1. The molecule has 1 atom stereocenters. The zero-order valence-corrected chi connectivity index (χ0v) is 13.8. The quantitative estimate of drug-likeness (QED) is 0.811. The Kier molecular flexibility index (Phi) is 6.39. The number of hydrogen-bond acceptors (Lipinski definition) is 3. The molecule has 1 aliphatic carbocycles. The molecule has 1 amide bonds. The molecule has 1 aromatic rings. The van der Waals surface area contributed by atoms with Crippen LogP contribution in [0, 0.1) is 11.2 Å². The fourth-order valence-corrected chi connectivity index (χ4v) is 3.20. The summed E-state index contributed by atoms with van der Waals surface area (Å²) in [6.45, 7) is 2.88. The minimum Gasteiger partial charge on any atom is -0.489 e. The summed E-state index contributed by atoms with van der Waals surface area (Å²) in [6, 6.07) is 5.88. The highest BCUT2D eigenvalue weighted by molar-refractivity contribution is 5.76. The van der Waals surface area contributed by atoms with E-state index in [0.717, 1.165) is 25.7 Å². The van der Waals surface area contributed by atoms with Crippen LogP contribution in [0.3, 0.4) is 0 Å². The molecule has 5 heteroatoms. The molecule has 23 heavy (non-hydrogen) atoms. The van der Waals surface area contributed by atoms with Crippen LogP contribution in [-0.4, -0.2) is 25.1 Å². The third kappa shape index (κ3) is 5.50. The molecule has 1 aromatic carbocycles. The molecule has 3 N–H and O–H groups in total. The van der Waals surface area contributed by atoms with Crippen molar-refractivity contribution in [1.82, 2.24) is 5.32 Å². The summed E-state index contributed by atoms with van der Waals surface area (Å²) >= 11 is 0. The van der Waals surface area contributed by atoms with Gasteiger partial charge in [-0.3, -0.25) is 4.79 Å². The van der Waals surface area contributed by atoms with Crippen molar-refractivity contribution >= 4 is 5.91 Å². The topological polar surface area (TPSA) is 64.4 Å². The molecule has 0 heterocycles.